The molecule has 6 nitrogen and oxygen atoms in total. The third-order valence-electron chi connectivity index (χ3n) is 4.49. The molecule has 0 spiro atoms. The number of benzene rings is 1. The predicted molar refractivity (Wildman–Crippen MR) is 109 cm³/mol. The van der Waals surface area contributed by atoms with Gasteiger partial charge in [-0.1, -0.05) is 45.0 Å². The van der Waals surface area contributed by atoms with Crippen LogP contribution in [0.3, 0.4) is 0 Å². The van der Waals surface area contributed by atoms with Crippen LogP contribution in [0.5, 0.6) is 5.75 Å². The van der Waals surface area contributed by atoms with Crippen LogP contribution in [0.1, 0.15) is 42.4 Å². The number of nitrogens with one attached hydrogen (secondary N) is 2. The van der Waals surface area contributed by atoms with E-state index in [-0.39, 0.29) is 35.5 Å². The zero-order chi connectivity index (χ0) is 20.7. The highest BCUT2D eigenvalue weighted by atomic mass is 16.5. The third kappa shape index (κ3) is 6.08. The van der Waals surface area contributed by atoms with Gasteiger partial charge in [0, 0.05) is 6.20 Å². The SMILES string of the molecule is Cc1cccc(C)c1OC[C@@H](NC(=O)CNC(=O)c1ccccn1)C(C)(C)C. The molecule has 1 aromatic heterocycles. The van der Waals surface area contributed by atoms with Crippen LogP contribution in [0, 0.1) is 19.3 Å². The molecule has 2 N–H and O–H groups in total. The van der Waals surface area contributed by atoms with E-state index in [1.165, 1.54) is 6.20 Å². The average Bonchev–Trinajstić information content (AvgIpc) is 2.64. The first-order valence-electron chi connectivity index (χ1n) is 9.36. The lowest BCUT2D eigenvalue weighted by Gasteiger charge is -2.31. The van der Waals surface area contributed by atoms with Gasteiger partial charge in [0.05, 0.1) is 12.6 Å². The van der Waals surface area contributed by atoms with E-state index < -0.39 is 0 Å². The monoisotopic (exact) mass is 383 g/mol. The number of hydrogen-bond acceptors (Lipinski definition) is 4. The van der Waals surface area contributed by atoms with Crippen LogP contribution >= 0.6 is 0 Å². The molecular weight excluding hydrogens is 354 g/mol. The predicted octanol–water partition coefficient (Wildman–Crippen LogP) is 3.04. The Morgan fingerprint density at radius 3 is 2.32 bits per heavy atom. The van der Waals surface area contributed by atoms with Crippen LogP contribution in [-0.4, -0.2) is 36.0 Å². The molecule has 0 saturated heterocycles. The molecule has 0 unspecified atom stereocenters. The number of nitrogens with zero attached hydrogens (tertiary/aromatic N) is 1. The zero-order valence-electron chi connectivity index (χ0n) is 17.2. The highest BCUT2D eigenvalue weighted by Crippen LogP contribution is 2.25. The fourth-order valence-corrected chi connectivity index (χ4v) is 2.70. The number of rotatable bonds is 7. The molecule has 2 aromatic rings. The Hall–Kier alpha value is -2.89. The molecule has 0 aliphatic rings. The molecule has 2 amide bonds. The van der Waals surface area contributed by atoms with Gasteiger partial charge in [-0.15, -0.1) is 0 Å². The summed E-state index contributed by atoms with van der Waals surface area (Å²) in [5.74, 6) is 0.193. The third-order valence-corrected chi connectivity index (χ3v) is 4.49. The fourth-order valence-electron chi connectivity index (χ4n) is 2.70. The van der Waals surface area contributed by atoms with Crippen LogP contribution in [-0.2, 0) is 4.79 Å². The van der Waals surface area contributed by atoms with Crippen LogP contribution in [0.25, 0.3) is 0 Å². The molecular formula is C22H29N3O3. The molecule has 1 atom stereocenters. The first-order valence-corrected chi connectivity index (χ1v) is 9.36. The second-order valence-corrected chi connectivity index (χ2v) is 7.92. The van der Waals surface area contributed by atoms with E-state index in [1.54, 1.807) is 18.2 Å². The zero-order valence-corrected chi connectivity index (χ0v) is 17.2. The van der Waals surface area contributed by atoms with Crippen molar-refractivity contribution in [3.8, 4) is 5.75 Å². The van der Waals surface area contributed by atoms with Gasteiger partial charge in [0.1, 0.15) is 18.1 Å². The molecule has 2 rings (SSSR count). The number of carbonyl (C=O) groups is 2. The maximum Gasteiger partial charge on any atom is 0.270 e. The summed E-state index contributed by atoms with van der Waals surface area (Å²) in [4.78, 5) is 28.4. The Kier molecular flexibility index (Phi) is 7.15. The number of aryl methyl sites for hydroxylation is 2. The number of ether oxygens (including phenoxy) is 1. The van der Waals surface area contributed by atoms with E-state index in [4.69, 9.17) is 4.74 Å². The first-order chi connectivity index (χ1) is 13.2. The van der Waals surface area contributed by atoms with Gasteiger partial charge < -0.3 is 15.4 Å². The van der Waals surface area contributed by atoms with Gasteiger partial charge in [-0.3, -0.25) is 14.6 Å². The van der Waals surface area contributed by atoms with Crippen molar-refractivity contribution >= 4 is 11.8 Å². The average molecular weight is 383 g/mol. The summed E-state index contributed by atoms with van der Waals surface area (Å²) in [6.45, 7) is 10.3. The van der Waals surface area contributed by atoms with Crippen molar-refractivity contribution in [3.63, 3.8) is 0 Å². The summed E-state index contributed by atoms with van der Waals surface area (Å²) in [5, 5.41) is 5.57. The number of para-hydroxylation sites is 1. The smallest absolute Gasteiger partial charge is 0.270 e. The van der Waals surface area contributed by atoms with Crippen molar-refractivity contribution in [2.75, 3.05) is 13.2 Å². The van der Waals surface area contributed by atoms with E-state index in [1.807, 2.05) is 52.8 Å². The quantitative estimate of drug-likeness (QED) is 0.770. The number of hydrogen-bond donors (Lipinski definition) is 2. The molecule has 6 heteroatoms. The largest absolute Gasteiger partial charge is 0.491 e. The summed E-state index contributed by atoms with van der Waals surface area (Å²) in [6, 6.07) is 10.8. The molecule has 0 radical (unpaired) electrons. The van der Waals surface area contributed by atoms with Crippen molar-refractivity contribution in [1.82, 2.24) is 15.6 Å². The Morgan fingerprint density at radius 2 is 1.75 bits per heavy atom. The maximum absolute atomic E-state index is 12.4. The van der Waals surface area contributed by atoms with Gasteiger partial charge in [-0.25, -0.2) is 0 Å². The molecule has 0 saturated carbocycles. The second kappa shape index (κ2) is 9.35. The van der Waals surface area contributed by atoms with E-state index in [2.05, 4.69) is 15.6 Å². The topological polar surface area (TPSA) is 80.3 Å². The second-order valence-electron chi connectivity index (χ2n) is 7.92. The lowest BCUT2D eigenvalue weighted by molar-refractivity contribution is -0.121. The highest BCUT2D eigenvalue weighted by Gasteiger charge is 2.27. The lowest BCUT2D eigenvalue weighted by Crippen LogP contribution is -2.50. The minimum absolute atomic E-state index is 0.120. The lowest BCUT2D eigenvalue weighted by atomic mass is 9.87. The molecule has 1 heterocycles. The molecule has 28 heavy (non-hydrogen) atoms. The summed E-state index contributed by atoms with van der Waals surface area (Å²) < 4.78 is 6.04. The molecule has 0 bridgehead atoms. The Balaban J connectivity index is 1.94. The standard InChI is InChI=1S/C22H29N3O3/c1-15-9-8-10-16(2)20(15)28-14-18(22(3,4)5)25-19(26)13-24-21(27)17-11-6-7-12-23-17/h6-12,18H,13-14H2,1-5H3,(H,24,27)(H,25,26)/t18-/m1/s1. The van der Waals surface area contributed by atoms with Crippen LogP contribution in [0.15, 0.2) is 42.6 Å². The number of carbonyl (C=O) groups excluding carboxylic acids is 2. The number of aromatic nitrogens is 1. The van der Waals surface area contributed by atoms with Crippen molar-refractivity contribution in [2.24, 2.45) is 5.41 Å². The van der Waals surface area contributed by atoms with E-state index >= 15 is 0 Å². The Labute approximate surface area is 166 Å². The minimum atomic E-state index is -0.380. The van der Waals surface area contributed by atoms with Gasteiger partial charge in [0.2, 0.25) is 5.91 Å². The Morgan fingerprint density at radius 1 is 1.07 bits per heavy atom. The summed E-state index contributed by atoms with van der Waals surface area (Å²) >= 11 is 0. The van der Waals surface area contributed by atoms with Gasteiger partial charge >= 0.3 is 0 Å². The maximum atomic E-state index is 12.4. The van der Waals surface area contributed by atoms with E-state index in [0.717, 1.165) is 16.9 Å². The molecule has 0 aliphatic heterocycles. The van der Waals surface area contributed by atoms with Crippen molar-refractivity contribution in [2.45, 2.75) is 40.7 Å². The molecule has 0 aliphatic carbocycles. The van der Waals surface area contributed by atoms with Crippen molar-refractivity contribution in [1.29, 1.82) is 0 Å². The Bertz CT molecular complexity index is 793. The number of pyridine rings is 1. The fraction of sp³-hybridized carbons (Fsp3) is 0.409. The van der Waals surface area contributed by atoms with Crippen molar-refractivity contribution in [3.05, 3.63) is 59.4 Å². The van der Waals surface area contributed by atoms with Crippen LogP contribution in [0.2, 0.25) is 0 Å². The minimum Gasteiger partial charge on any atom is -0.491 e. The van der Waals surface area contributed by atoms with Gasteiger partial charge in [0.15, 0.2) is 0 Å². The van der Waals surface area contributed by atoms with Crippen LogP contribution in [0.4, 0.5) is 0 Å². The van der Waals surface area contributed by atoms with E-state index in [9.17, 15) is 9.59 Å². The van der Waals surface area contributed by atoms with Gasteiger partial charge in [-0.05, 0) is 42.5 Å². The molecule has 0 fully saturated rings. The summed E-state index contributed by atoms with van der Waals surface area (Å²) in [6.07, 6.45) is 1.54. The van der Waals surface area contributed by atoms with Crippen molar-refractivity contribution < 1.29 is 14.3 Å². The molecule has 150 valence electrons. The number of amides is 2. The first kappa shape index (κ1) is 21.4. The van der Waals surface area contributed by atoms with Gasteiger partial charge in [0.25, 0.3) is 5.91 Å². The summed E-state index contributed by atoms with van der Waals surface area (Å²) in [7, 11) is 0. The normalized spacial score (nSPS) is 12.2. The molecule has 1 aromatic carbocycles. The van der Waals surface area contributed by atoms with Gasteiger partial charge in [-0.2, -0.15) is 0 Å². The van der Waals surface area contributed by atoms with E-state index in [0.29, 0.717) is 6.61 Å². The highest BCUT2D eigenvalue weighted by molar-refractivity contribution is 5.94. The summed E-state index contributed by atoms with van der Waals surface area (Å²) in [5.41, 5.74) is 2.18. The van der Waals surface area contributed by atoms with Crippen LogP contribution < -0.4 is 15.4 Å².